The van der Waals surface area contributed by atoms with E-state index in [-0.39, 0.29) is 11.6 Å². The van der Waals surface area contributed by atoms with Gasteiger partial charge in [-0.2, -0.15) is 0 Å². The van der Waals surface area contributed by atoms with Gasteiger partial charge in [0, 0.05) is 5.75 Å². The SMILES string of the molecule is NC(=O)CSC[C@H]1O[C@@H](n2cnc3c(N)ncnc32)[C@H](O)[C@@H]1O. The number of anilines is 1. The number of hydrogen-bond acceptors (Lipinski definition) is 9. The van der Waals surface area contributed by atoms with E-state index in [1.54, 1.807) is 0 Å². The molecule has 0 radical (unpaired) electrons. The molecule has 1 aliphatic heterocycles. The van der Waals surface area contributed by atoms with E-state index in [1.165, 1.54) is 29.0 Å². The van der Waals surface area contributed by atoms with Gasteiger partial charge in [-0.25, -0.2) is 15.0 Å². The number of nitrogens with two attached hydrogens (primary N) is 2. The van der Waals surface area contributed by atoms with Crippen LogP contribution in [0.2, 0.25) is 0 Å². The second-order valence-electron chi connectivity index (χ2n) is 5.11. The second kappa shape index (κ2) is 6.28. The molecule has 23 heavy (non-hydrogen) atoms. The number of aromatic nitrogens is 4. The fourth-order valence-electron chi connectivity index (χ4n) is 2.43. The lowest BCUT2D eigenvalue weighted by molar-refractivity contribution is -0.115. The van der Waals surface area contributed by atoms with Crippen LogP contribution in [0.1, 0.15) is 6.23 Å². The molecule has 0 spiro atoms. The van der Waals surface area contributed by atoms with E-state index in [1.807, 2.05) is 0 Å². The molecule has 0 bridgehead atoms. The number of aliphatic hydroxyl groups is 2. The number of fused-ring (bicyclic) bond motifs is 1. The Morgan fingerprint density at radius 2 is 2.13 bits per heavy atom. The number of aliphatic hydroxyl groups excluding tert-OH is 2. The van der Waals surface area contributed by atoms with E-state index in [0.29, 0.717) is 16.9 Å². The Labute approximate surface area is 134 Å². The summed E-state index contributed by atoms with van der Waals surface area (Å²) < 4.78 is 7.21. The first-order valence-corrected chi connectivity index (χ1v) is 7.95. The van der Waals surface area contributed by atoms with Crippen LogP contribution >= 0.6 is 11.8 Å². The van der Waals surface area contributed by atoms with Crippen molar-refractivity contribution in [2.75, 3.05) is 17.2 Å². The molecule has 0 aliphatic carbocycles. The molecule has 2 aromatic rings. The Kier molecular flexibility index (Phi) is 4.35. The van der Waals surface area contributed by atoms with Gasteiger partial charge in [-0.1, -0.05) is 0 Å². The molecule has 2 aromatic heterocycles. The third-order valence-electron chi connectivity index (χ3n) is 3.52. The summed E-state index contributed by atoms with van der Waals surface area (Å²) in [7, 11) is 0. The van der Waals surface area contributed by atoms with Crippen LogP contribution in [0.3, 0.4) is 0 Å². The van der Waals surface area contributed by atoms with Crippen molar-refractivity contribution in [1.29, 1.82) is 0 Å². The first kappa shape index (κ1) is 15.9. The van der Waals surface area contributed by atoms with E-state index in [2.05, 4.69) is 15.0 Å². The van der Waals surface area contributed by atoms with Gasteiger partial charge in [-0.3, -0.25) is 9.36 Å². The second-order valence-corrected chi connectivity index (χ2v) is 6.14. The number of nitrogen functional groups attached to an aromatic ring is 1. The Morgan fingerprint density at radius 1 is 1.35 bits per heavy atom. The lowest BCUT2D eigenvalue weighted by atomic mass is 10.1. The predicted molar refractivity (Wildman–Crippen MR) is 82.2 cm³/mol. The van der Waals surface area contributed by atoms with Crippen molar-refractivity contribution in [3.8, 4) is 0 Å². The molecule has 3 heterocycles. The van der Waals surface area contributed by atoms with Crippen molar-refractivity contribution in [2.45, 2.75) is 24.5 Å². The van der Waals surface area contributed by atoms with Crippen LogP contribution in [0.5, 0.6) is 0 Å². The fourth-order valence-corrected chi connectivity index (χ4v) is 3.26. The fraction of sp³-hybridized carbons (Fsp3) is 0.500. The van der Waals surface area contributed by atoms with Crippen LogP contribution in [0.4, 0.5) is 5.82 Å². The summed E-state index contributed by atoms with van der Waals surface area (Å²) in [4.78, 5) is 22.8. The van der Waals surface area contributed by atoms with Gasteiger partial charge in [0.05, 0.1) is 18.2 Å². The minimum Gasteiger partial charge on any atom is -0.387 e. The normalized spacial score (nSPS) is 27.6. The zero-order chi connectivity index (χ0) is 16.6. The maximum absolute atomic E-state index is 10.8. The van der Waals surface area contributed by atoms with Gasteiger partial charge in [0.1, 0.15) is 24.1 Å². The van der Waals surface area contributed by atoms with Gasteiger partial charge >= 0.3 is 0 Å². The first-order valence-electron chi connectivity index (χ1n) is 6.79. The number of imidazole rings is 1. The molecular weight excluding hydrogens is 324 g/mol. The van der Waals surface area contributed by atoms with Crippen molar-refractivity contribution in [3.63, 3.8) is 0 Å². The van der Waals surface area contributed by atoms with E-state index < -0.39 is 30.4 Å². The quantitative estimate of drug-likeness (QED) is 0.494. The average Bonchev–Trinajstić information content (AvgIpc) is 3.04. The van der Waals surface area contributed by atoms with Crippen LogP contribution in [-0.2, 0) is 9.53 Å². The molecule has 10 nitrogen and oxygen atoms in total. The van der Waals surface area contributed by atoms with Gasteiger partial charge in [0.2, 0.25) is 5.91 Å². The highest BCUT2D eigenvalue weighted by atomic mass is 32.2. The van der Waals surface area contributed by atoms with Crippen molar-refractivity contribution < 1.29 is 19.7 Å². The summed E-state index contributed by atoms with van der Waals surface area (Å²) in [5.74, 6) is 0.203. The molecule has 1 aliphatic rings. The number of carbonyl (C=O) groups is 1. The molecule has 4 atom stereocenters. The maximum Gasteiger partial charge on any atom is 0.227 e. The van der Waals surface area contributed by atoms with Gasteiger partial charge in [0.25, 0.3) is 0 Å². The Balaban J connectivity index is 1.80. The van der Waals surface area contributed by atoms with Crippen LogP contribution in [0.25, 0.3) is 11.2 Å². The zero-order valence-corrected chi connectivity index (χ0v) is 12.8. The highest BCUT2D eigenvalue weighted by molar-refractivity contribution is 7.99. The summed E-state index contributed by atoms with van der Waals surface area (Å²) in [5, 5.41) is 20.4. The molecule has 1 fully saturated rings. The molecule has 0 aromatic carbocycles. The third kappa shape index (κ3) is 2.95. The number of thioether (sulfide) groups is 1. The van der Waals surface area contributed by atoms with E-state index in [9.17, 15) is 15.0 Å². The largest absolute Gasteiger partial charge is 0.387 e. The third-order valence-corrected chi connectivity index (χ3v) is 4.58. The van der Waals surface area contributed by atoms with Crippen molar-refractivity contribution >= 4 is 34.7 Å². The molecule has 0 unspecified atom stereocenters. The summed E-state index contributed by atoms with van der Waals surface area (Å²) in [5.41, 5.74) is 11.6. The molecule has 1 saturated heterocycles. The standard InChI is InChI=1S/C12H16N6O4S/c13-6(19)2-23-1-5-8(20)9(21)12(22-5)18-4-17-7-10(14)15-3-16-11(7)18/h3-5,8-9,12,20-21H,1-2H2,(H2,13,19)(H2,14,15,16)/t5-,8-,9-,12-/m1/s1. The first-order chi connectivity index (χ1) is 11.0. The van der Waals surface area contributed by atoms with Crippen LogP contribution in [0.15, 0.2) is 12.7 Å². The summed E-state index contributed by atoms with van der Waals surface area (Å²) >= 11 is 1.23. The Morgan fingerprint density at radius 3 is 2.87 bits per heavy atom. The van der Waals surface area contributed by atoms with Crippen LogP contribution < -0.4 is 11.5 Å². The van der Waals surface area contributed by atoms with E-state index in [0.717, 1.165) is 0 Å². The van der Waals surface area contributed by atoms with E-state index in [4.69, 9.17) is 16.2 Å². The van der Waals surface area contributed by atoms with Gasteiger partial charge in [-0.05, 0) is 0 Å². The number of ether oxygens (including phenoxy) is 1. The van der Waals surface area contributed by atoms with Gasteiger partial charge in [0.15, 0.2) is 17.7 Å². The molecule has 11 heteroatoms. The number of carbonyl (C=O) groups excluding carboxylic acids is 1. The maximum atomic E-state index is 10.8. The van der Waals surface area contributed by atoms with Gasteiger partial charge in [-0.15, -0.1) is 11.8 Å². The molecule has 0 saturated carbocycles. The lowest BCUT2D eigenvalue weighted by Gasteiger charge is -2.16. The average molecular weight is 340 g/mol. The number of amides is 1. The smallest absolute Gasteiger partial charge is 0.227 e. The summed E-state index contributed by atoms with van der Waals surface area (Å²) in [6.07, 6.45) is -1.05. The highest BCUT2D eigenvalue weighted by Gasteiger charge is 2.44. The summed E-state index contributed by atoms with van der Waals surface area (Å²) in [6, 6.07) is 0. The topological polar surface area (TPSA) is 162 Å². The minimum absolute atomic E-state index is 0.116. The molecule has 3 rings (SSSR count). The zero-order valence-electron chi connectivity index (χ0n) is 11.9. The molecule has 6 N–H and O–H groups in total. The lowest BCUT2D eigenvalue weighted by Crippen LogP contribution is -2.33. The number of hydrogen-bond donors (Lipinski definition) is 4. The predicted octanol–water partition coefficient (Wildman–Crippen LogP) is -1.75. The van der Waals surface area contributed by atoms with Crippen LogP contribution in [0, 0.1) is 0 Å². The minimum atomic E-state index is -1.16. The Bertz CT molecular complexity index is 725. The number of rotatable bonds is 5. The Hall–Kier alpha value is -1.95. The highest BCUT2D eigenvalue weighted by Crippen LogP contribution is 2.33. The monoisotopic (exact) mass is 340 g/mol. The molecule has 124 valence electrons. The van der Waals surface area contributed by atoms with Crippen molar-refractivity contribution in [1.82, 2.24) is 19.5 Å². The molecule has 1 amide bonds. The summed E-state index contributed by atoms with van der Waals surface area (Å²) in [6.45, 7) is 0. The molecular formula is C12H16N6O4S. The number of primary amides is 1. The van der Waals surface area contributed by atoms with E-state index >= 15 is 0 Å². The number of nitrogens with zero attached hydrogens (tertiary/aromatic N) is 4. The van der Waals surface area contributed by atoms with Gasteiger partial charge < -0.3 is 26.4 Å². The van der Waals surface area contributed by atoms with Crippen molar-refractivity contribution in [2.24, 2.45) is 5.73 Å². The van der Waals surface area contributed by atoms with Crippen LogP contribution in [-0.4, -0.2) is 65.5 Å². The van der Waals surface area contributed by atoms with Crippen molar-refractivity contribution in [3.05, 3.63) is 12.7 Å².